The van der Waals surface area contributed by atoms with E-state index in [4.69, 9.17) is 4.74 Å². The molecule has 0 heterocycles. The summed E-state index contributed by atoms with van der Waals surface area (Å²) in [7, 11) is 1.36. The fraction of sp³-hybridized carbons (Fsp3) is 0.143. The average Bonchev–Trinajstić information content (AvgIpc) is 2.41. The van der Waals surface area contributed by atoms with E-state index in [-0.39, 0.29) is 10.6 Å². The van der Waals surface area contributed by atoms with Crippen molar-refractivity contribution >= 4 is 15.9 Å². The number of halogens is 4. The van der Waals surface area contributed by atoms with Gasteiger partial charge in [-0.2, -0.15) is 0 Å². The van der Waals surface area contributed by atoms with Crippen molar-refractivity contribution in [1.29, 1.82) is 0 Å². The quantitative estimate of drug-likeness (QED) is 0.747. The number of alkyl halides is 1. The third-order valence-electron chi connectivity index (χ3n) is 2.70. The Balaban J connectivity index is 2.37. The summed E-state index contributed by atoms with van der Waals surface area (Å²) in [6.07, 6.45) is 0. The minimum atomic E-state index is -0.920. The van der Waals surface area contributed by atoms with Crippen molar-refractivity contribution in [2.24, 2.45) is 0 Å². The lowest BCUT2D eigenvalue weighted by molar-refractivity contribution is 0.386. The summed E-state index contributed by atoms with van der Waals surface area (Å²) in [5.41, 5.74) is 1.22. The van der Waals surface area contributed by atoms with Crippen LogP contribution < -0.4 is 4.74 Å². The highest BCUT2D eigenvalue weighted by Gasteiger charge is 2.15. The molecule has 1 unspecified atom stereocenters. The maximum atomic E-state index is 13.3. The Labute approximate surface area is 117 Å². The molecule has 5 heteroatoms. The SMILES string of the molecule is COc1cc(C(Br)c2ccc(F)c(F)c2)ccc1F. The highest BCUT2D eigenvalue weighted by molar-refractivity contribution is 9.09. The van der Waals surface area contributed by atoms with Crippen molar-refractivity contribution in [1.82, 2.24) is 0 Å². The fourth-order valence-electron chi connectivity index (χ4n) is 1.70. The Morgan fingerprint density at radius 2 is 1.47 bits per heavy atom. The molecule has 2 rings (SSSR count). The largest absolute Gasteiger partial charge is 0.494 e. The van der Waals surface area contributed by atoms with Crippen molar-refractivity contribution in [3.63, 3.8) is 0 Å². The smallest absolute Gasteiger partial charge is 0.165 e. The molecule has 19 heavy (non-hydrogen) atoms. The molecule has 0 fully saturated rings. The molecule has 0 aliphatic heterocycles. The van der Waals surface area contributed by atoms with Gasteiger partial charge in [0.1, 0.15) is 0 Å². The van der Waals surface area contributed by atoms with Gasteiger partial charge in [-0.3, -0.25) is 0 Å². The van der Waals surface area contributed by atoms with E-state index in [9.17, 15) is 13.2 Å². The summed E-state index contributed by atoms with van der Waals surface area (Å²) in [5.74, 6) is -2.20. The van der Waals surface area contributed by atoms with Crippen LogP contribution in [-0.4, -0.2) is 7.11 Å². The lowest BCUT2D eigenvalue weighted by Gasteiger charge is -2.12. The van der Waals surface area contributed by atoms with Crippen LogP contribution in [0, 0.1) is 17.5 Å². The highest BCUT2D eigenvalue weighted by Crippen LogP contribution is 2.33. The molecule has 1 nitrogen and oxygen atoms in total. The number of benzene rings is 2. The molecule has 2 aromatic rings. The Bertz CT molecular complexity index is 601. The predicted molar refractivity (Wildman–Crippen MR) is 70.1 cm³/mol. The van der Waals surface area contributed by atoms with Crippen LogP contribution in [0.25, 0.3) is 0 Å². The summed E-state index contributed by atoms with van der Waals surface area (Å²) >= 11 is 3.37. The molecule has 0 saturated carbocycles. The summed E-state index contributed by atoms with van der Waals surface area (Å²) in [4.78, 5) is -0.378. The first-order chi connectivity index (χ1) is 9.02. The molecular weight excluding hydrogens is 321 g/mol. The second-order valence-corrected chi connectivity index (χ2v) is 4.85. The highest BCUT2D eigenvalue weighted by atomic mass is 79.9. The van der Waals surface area contributed by atoms with Crippen LogP contribution in [-0.2, 0) is 0 Å². The van der Waals surface area contributed by atoms with Crippen molar-refractivity contribution in [2.75, 3.05) is 7.11 Å². The van der Waals surface area contributed by atoms with Crippen LogP contribution in [0.4, 0.5) is 13.2 Å². The Kier molecular flexibility index (Phi) is 4.14. The normalized spacial score (nSPS) is 12.3. The predicted octanol–water partition coefficient (Wildman–Crippen LogP) is 4.60. The van der Waals surface area contributed by atoms with E-state index in [2.05, 4.69) is 15.9 Å². The molecule has 0 amide bonds. The molecule has 0 spiro atoms. The van der Waals surface area contributed by atoms with Gasteiger partial charge in [0.25, 0.3) is 0 Å². The van der Waals surface area contributed by atoms with Gasteiger partial charge in [0.05, 0.1) is 11.9 Å². The van der Waals surface area contributed by atoms with E-state index in [1.54, 1.807) is 6.07 Å². The van der Waals surface area contributed by atoms with Crippen molar-refractivity contribution < 1.29 is 17.9 Å². The number of hydrogen-bond donors (Lipinski definition) is 0. The topological polar surface area (TPSA) is 9.23 Å². The Morgan fingerprint density at radius 3 is 2.05 bits per heavy atom. The van der Waals surface area contributed by atoms with Gasteiger partial charge in [0, 0.05) is 0 Å². The summed E-state index contributed by atoms with van der Waals surface area (Å²) < 4.78 is 44.2. The molecule has 1 atom stereocenters. The van der Waals surface area contributed by atoms with E-state index in [1.807, 2.05) is 0 Å². The van der Waals surface area contributed by atoms with Crippen LogP contribution in [0.15, 0.2) is 36.4 Å². The number of methoxy groups -OCH3 is 1. The zero-order chi connectivity index (χ0) is 14.0. The molecule has 0 radical (unpaired) electrons. The molecule has 2 aromatic carbocycles. The monoisotopic (exact) mass is 330 g/mol. The van der Waals surface area contributed by atoms with Gasteiger partial charge < -0.3 is 4.74 Å². The summed E-state index contributed by atoms with van der Waals surface area (Å²) in [5, 5.41) is 0. The van der Waals surface area contributed by atoms with E-state index in [0.29, 0.717) is 11.1 Å². The lowest BCUT2D eigenvalue weighted by Crippen LogP contribution is -1.97. The number of rotatable bonds is 3. The van der Waals surface area contributed by atoms with Gasteiger partial charge >= 0.3 is 0 Å². The molecule has 0 aromatic heterocycles. The minimum absolute atomic E-state index is 0.101. The van der Waals surface area contributed by atoms with Crippen LogP contribution in [0.1, 0.15) is 16.0 Å². The van der Waals surface area contributed by atoms with E-state index in [0.717, 1.165) is 12.1 Å². The van der Waals surface area contributed by atoms with Gasteiger partial charge in [0.15, 0.2) is 23.2 Å². The molecule has 100 valence electrons. The number of hydrogen-bond acceptors (Lipinski definition) is 1. The zero-order valence-electron chi connectivity index (χ0n) is 9.96. The van der Waals surface area contributed by atoms with Gasteiger partial charge in [-0.25, -0.2) is 13.2 Å². The fourth-order valence-corrected chi connectivity index (χ4v) is 2.27. The standard InChI is InChI=1S/C14H10BrF3O/c1-19-13-7-9(3-5-11(13)17)14(15)8-2-4-10(16)12(18)6-8/h2-7,14H,1H3. The van der Waals surface area contributed by atoms with Gasteiger partial charge in [-0.05, 0) is 35.4 Å². The Hall–Kier alpha value is -1.49. The second kappa shape index (κ2) is 5.65. The van der Waals surface area contributed by atoms with Crippen molar-refractivity contribution in [3.8, 4) is 5.75 Å². The average molecular weight is 331 g/mol. The van der Waals surface area contributed by atoms with Gasteiger partial charge in [0.2, 0.25) is 0 Å². The molecular formula is C14H10BrF3O. The molecule has 0 aliphatic rings. The lowest BCUT2D eigenvalue weighted by atomic mass is 10.0. The maximum Gasteiger partial charge on any atom is 0.165 e. The first-order valence-corrected chi connectivity index (χ1v) is 6.37. The molecule has 0 saturated heterocycles. The van der Waals surface area contributed by atoms with Crippen molar-refractivity contribution in [3.05, 3.63) is 65.0 Å². The maximum absolute atomic E-state index is 13.3. The molecule has 0 aliphatic carbocycles. The molecule has 0 bridgehead atoms. The zero-order valence-corrected chi connectivity index (χ0v) is 11.5. The minimum Gasteiger partial charge on any atom is -0.494 e. The van der Waals surface area contributed by atoms with Crippen LogP contribution in [0.3, 0.4) is 0 Å². The number of ether oxygens (including phenoxy) is 1. The summed E-state index contributed by atoms with van der Waals surface area (Å²) in [6, 6.07) is 7.95. The van der Waals surface area contributed by atoms with Crippen LogP contribution in [0.2, 0.25) is 0 Å². The van der Waals surface area contributed by atoms with Crippen LogP contribution >= 0.6 is 15.9 Å². The van der Waals surface area contributed by atoms with Crippen molar-refractivity contribution in [2.45, 2.75) is 4.83 Å². The Morgan fingerprint density at radius 1 is 0.895 bits per heavy atom. The van der Waals surface area contributed by atoms with Gasteiger partial charge in [-0.1, -0.05) is 28.1 Å². The third-order valence-corrected chi connectivity index (χ3v) is 3.76. The third kappa shape index (κ3) is 2.92. The van der Waals surface area contributed by atoms with E-state index < -0.39 is 17.5 Å². The van der Waals surface area contributed by atoms with E-state index in [1.165, 1.54) is 25.3 Å². The summed E-state index contributed by atoms with van der Waals surface area (Å²) in [6.45, 7) is 0. The first-order valence-electron chi connectivity index (χ1n) is 5.45. The van der Waals surface area contributed by atoms with Crippen LogP contribution in [0.5, 0.6) is 5.75 Å². The first kappa shape index (κ1) is 13.9. The van der Waals surface area contributed by atoms with E-state index >= 15 is 0 Å². The second-order valence-electron chi connectivity index (χ2n) is 3.93. The van der Waals surface area contributed by atoms with Gasteiger partial charge in [-0.15, -0.1) is 0 Å². The molecule has 0 N–H and O–H groups in total.